The Morgan fingerprint density at radius 2 is 2.44 bits per heavy atom. The molecule has 2 N–H and O–H groups in total. The fraction of sp³-hybridized carbons (Fsp3) is 0.462. The molecule has 1 amide bonds. The van der Waals surface area contributed by atoms with Crippen molar-refractivity contribution in [1.82, 2.24) is 5.32 Å². The average molecular weight is 269 g/mol. The smallest absolute Gasteiger partial charge is 0.244 e. The Morgan fingerprint density at radius 1 is 1.67 bits per heavy atom. The van der Waals surface area contributed by atoms with Crippen molar-refractivity contribution in [1.29, 1.82) is 0 Å². The number of rotatable bonds is 7. The van der Waals surface area contributed by atoms with Crippen molar-refractivity contribution in [2.24, 2.45) is 0 Å². The molecule has 1 aromatic rings. The number of aliphatic hydroxyl groups is 1. The second kappa shape index (κ2) is 8.02. The monoisotopic (exact) mass is 269 g/mol. The molecule has 1 atom stereocenters. The van der Waals surface area contributed by atoms with Crippen LogP contribution >= 0.6 is 11.3 Å². The van der Waals surface area contributed by atoms with Gasteiger partial charge in [-0.05, 0) is 36.4 Å². The number of aliphatic hydroxyl groups excluding tert-OH is 1. The summed E-state index contributed by atoms with van der Waals surface area (Å²) in [5.41, 5.74) is 1.17. The predicted octanol–water partition coefficient (Wildman–Crippen LogP) is 1.58. The zero-order valence-corrected chi connectivity index (χ0v) is 11.5. The van der Waals surface area contributed by atoms with Gasteiger partial charge in [0.2, 0.25) is 5.91 Å². The number of carbonyl (C=O) groups excluding carboxylic acids is 1. The number of carbonyl (C=O) groups is 1. The van der Waals surface area contributed by atoms with Crippen LogP contribution in [0, 0.1) is 6.92 Å². The van der Waals surface area contributed by atoms with E-state index in [1.54, 1.807) is 17.4 Å². The summed E-state index contributed by atoms with van der Waals surface area (Å²) in [6.07, 6.45) is 3.28. The number of methoxy groups -OCH3 is 1. The van der Waals surface area contributed by atoms with E-state index in [0.717, 1.165) is 4.88 Å². The van der Waals surface area contributed by atoms with Gasteiger partial charge in [-0.3, -0.25) is 4.79 Å². The molecule has 1 heterocycles. The Labute approximate surface area is 111 Å². The Morgan fingerprint density at radius 3 is 3.06 bits per heavy atom. The van der Waals surface area contributed by atoms with Gasteiger partial charge in [0, 0.05) is 24.6 Å². The molecule has 1 unspecified atom stereocenters. The van der Waals surface area contributed by atoms with E-state index in [4.69, 9.17) is 4.74 Å². The van der Waals surface area contributed by atoms with Crippen molar-refractivity contribution >= 4 is 23.3 Å². The highest BCUT2D eigenvalue weighted by Gasteiger charge is 2.03. The SMILES string of the molecule is COCC(O)CCNC(=O)/C=C/c1sccc1C. The van der Waals surface area contributed by atoms with E-state index in [1.807, 2.05) is 18.4 Å². The maximum absolute atomic E-state index is 11.5. The molecule has 0 fully saturated rings. The van der Waals surface area contributed by atoms with Crippen LogP contribution in [0.5, 0.6) is 0 Å². The molecule has 0 saturated carbocycles. The number of ether oxygens (including phenoxy) is 1. The lowest BCUT2D eigenvalue weighted by Crippen LogP contribution is -2.27. The number of thiophene rings is 1. The molecular weight excluding hydrogens is 250 g/mol. The van der Waals surface area contributed by atoms with Gasteiger partial charge in [-0.15, -0.1) is 11.3 Å². The van der Waals surface area contributed by atoms with Gasteiger partial charge >= 0.3 is 0 Å². The second-order valence-corrected chi connectivity index (χ2v) is 4.94. The first-order valence-electron chi connectivity index (χ1n) is 5.80. The first kappa shape index (κ1) is 14.9. The van der Waals surface area contributed by atoms with E-state index in [1.165, 1.54) is 18.7 Å². The molecule has 0 radical (unpaired) electrons. The molecule has 1 aromatic heterocycles. The van der Waals surface area contributed by atoms with Crippen molar-refractivity contribution < 1.29 is 14.6 Å². The number of hydrogen-bond donors (Lipinski definition) is 2. The van der Waals surface area contributed by atoms with E-state index in [0.29, 0.717) is 19.6 Å². The molecule has 5 heteroatoms. The normalized spacial score (nSPS) is 12.8. The van der Waals surface area contributed by atoms with Gasteiger partial charge < -0.3 is 15.2 Å². The summed E-state index contributed by atoms with van der Waals surface area (Å²) in [5, 5.41) is 14.1. The number of hydrogen-bond acceptors (Lipinski definition) is 4. The fourth-order valence-corrected chi connectivity index (χ4v) is 2.22. The van der Waals surface area contributed by atoms with Crippen LogP contribution in [0.1, 0.15) is 16.9 Å². The number of nitrogens with one attached hydrogen (secondary N) is 1. The molecule has 0 aliphatic rings. The van der Waals surface area contributed by atoms with Gasteiger partial charge in [0.25, 0.3) is 0 Å². The summed E-state index contributed by atoms with van der Waals surface area (Å²) < 4.78 is 4.80. The van der Waals surface area contributed by atoms with Crippen LogP contribution in [0.15, 0.2) is 17.5 Å². The number of aryl methyl sites for hydroxylation is 1. The Kier molecular flexibility index (Phi) is 6.64. The van der Waals surface area contributed by atoms with E-state index in [9.17, 15) is 9.90 Å². The van der Waals surface area contributed by atoms with Crippen molar-refractivity contribution in [3.63, 3.8) is 0 Å². The Balaban J connectivity index is 2.26. The summed E-state index contributed by atoms with van der Waals surface area (Å²) in [5.74, 6) is -0.146. The molecule has 0 saturated heterocycles. The topological polar surface area (TPSA) is 58.6 Å². The molecule has 0 aliphatic carbocycles. The van der Waals surface area contributed by atoms with Crippen LogP contribution in [0.25, 0.3) is 6.08 Å². The van der Waals surface area contributed by atoms with Crippen molar-refractivity contribution in [2.45, 2.75) is 19.4 Å². The largest absolute Gasteiger partial charge is 0.391 e. The van der Waals surface area contributed by atoms with Gasteiger partial charge in [0.05, 0.1) is 12.7 Å². The summed E-state index contributed by atoms with van der Waals surface area (Å²) in [4.78, 5) is 12.6. The summed E-state index contributed by atoms with van der Waals surface area (Å²) >= 11 is 1.60. The predicted molar refractivity (Wildman–Crippen MR) is 73.6 cm³/mol. The molecule has 0 aromatic carbocycles. The molecule has 4 nitrogen and oxygen atoms in total. The maximum atomic E-state index is 11.5. The first-order valence-corrected chi connectivity index (χ1v) is 6.68. The zero-order chi connectivity index (χ0) is 13.4. The first-order chi connectivity index (χ1) is 8.63. The minimum Gasteiger partial charge on any atom is -0.391 e. The van der Waals surface area contributed by atoms with Gasteiger partial charge in [0.15, 0.2) is 0 Å². The molecular formula is C13H19NO3S. The van der Waals surface area contributed by atoms with E-state index >= 15 is 0 Å². The Bertz CT molecular complexity index is 401. The van der Waals surface area contributed by atoms with Crippen molar-refractivity contribution in [3.05, 3.63) is 28.0 Å². The van der Waals surface area contributed by atoms with Crippen molar-refractivity contribution in [2.75, 3.05) is 20.3 Å². The van der Waals surface area contributed by atoms with Gasteiger partial charge in [-0.25, -0.2) is 0 Å². The summed E-state index contributed by atoms with van der Waals surface area (Å²) in [6, 6.07) is 2.02. The van der Waals surface area contributed by atoms with Crippen LogP contribution in [-0.4, -0.2) is 37.4 Å². The molecule has 0 aliphatic heterocycles. The third-order valence-electron chi connectivity index (χ3n) is 2.42. The lowest BCUT2D eigenvalue weighted by Gasteiger charge is -2.08. The molecule has 100 valence electrons. The standard InChI is InChI=1S/C13H19NO3S/c1-10-6-8-18-12(10)3-4-13(16)14-7-5-11(15)9-17-2/h3-4,6,8,11,15H,5,7,9H2,1-2H3,(H,14,16)/b4-3+. The highest BCUT2D eigenvalue weighted by atomic mass is 32.1. The lowest BCUT2D eigenvalue weighted by atomic mass is 10.2. The minimum absolute atomic E-state index is 0.146. The van der Waals surface area contributed by atoms with Gasteiger partial charge in [-0.2, -0.15) is 0 Å². The third kappa shape index (κ3) is 5.44. The van der Waals surface area contributed by atoms with Gasteiger partial charge in [-0.1, -0.05) is 0 Å². The highest BCUT2D eigenvalue weighted by Crippen LogP contribution is 2.16. The van der Waals surface area contributed by atoms with Crippen LogP contribution in [0.4, 0.5) is 0 Å². The number of amides is 1. The molecule has 18 heavy (non-hydrogen) atoms. The summed E-state index contributed by atoms with van der Waals surface area (Å²) in [6.45, 7) is 2.74. The quantitative estimate of drug-likeness (QED) is 0.739. The fourth-order valence-electron chi connectivity index (χ4n) is 1.40. The van der Waals surface area contributed by atoms with Crippen LogP contribution in [-0.2, 0) is 9.53 Å². The second-order valence-electron chi connectivity index (χ2n) is 3.99. The van der Waals surface area contributed by atoms with Crippen LogP contribution in [0.2, 0.25) is 0 Å². The lowest BCUT2D eigenvalue weighted by molar-refractivity contribution is -0.116. The van der Waals surface area contributed by atoms with E-state index in [2.05, 4.69) is 5.32 Å². The zero-order valence-electron chi connectivity index (χ0n) is 10.7. The van der Waals surface area contributed by atoms with Crippen molar-refractivity contribution in [3.8, 4) is 0 Å². The molecule has 1 rings (SSSR count). The maximum Gasteiger partial charge on any atom is 0.244 e. The van der Waals surface area contributed by atoms with Crippen LogP contribution < -0.4 is 5.32 Å². The van der Waals surface area contributed by atoms with E-state index in [-0.39, 0.29) is 5.91 Å². The van der Waals surface area contributed by atoms with Gasteiger partial charge in [0.1, 0.15) is 0 Å². The third-order valence-corrected chi connectivity index (χ3v) is 3.41. The van der Waals surface area contributed by atoms with E-state index < -0.39 is 6.10 Å². The Hall–Kier alpha value is -1.17. The molecule has 0 spiro atoms. The summed E-state index contributed by atoms with van der Waals surface area (Å²) in [7, 11) is 1.54. The van der Waals surface area contributed by atoms with Crippen LogP contribution in [0.3, 0.4) is 0 Å². The molecule has 0 bridgehead atoms. The minimum atomic E-state index is -0.529. The highest BCUT2D eigenvalue weighted by molar-refractivity contribution is 7.11. The average Bonchev–Trinajstić information content (AvgIpc) is 2.72.